The van der Waals surface area contributed by atoms with Crippen molar-refractivity contribution in [1.82, 2.24) is 0 Å². The Morgan fingerprint density at radius 3 is 2.76 bits per heavy atom. The number of halogens is 1. The molecule has 0 bridgehead atoms. The van der Waals surface area contributed by atoms with Gasteiger partial charge in [-0.3, -0.25) is 9.59 Å². The van der Waals surface area contributed by atoms with E-state index >= 15 is 0 Å². The number of amides is 1. The van der Waals surface area contributed by atoms with E-state index in [1.54, 1.807) is 0 Å². The van der Waals surface area contributed by atoms with Gasteiger partial charge in [-0.25, -0.2) is 4.39 Å². The first-order valence-electron chi connectivity index (χ1n) is 4.69. The average molecular weight is 235 g/mol. The molecule has 5 heteroatoms. The van der Waals surface area contributed by atoms with Crippen molar-refractivity contribution in [2.24, 2.45) is 5.73 Å². The molecule has 0 aliphatic rings. The predicted molar refractivity (Wildman–Crippen MR) is 58.4 cm³/mol. The lowest BCUT2D eigenvalue weighted by atomic mass is 10.1. The van der Waals surface area contributed by atoms with Crippen LogP contribution in [-0.2, 0) is 9.53 Å². The van der Waals surface area contributed by atoms with Crippen LogP contribution in [0.4, 0.5) is 4.39 Å². The first kappa shape index (κ1) is 12.7. The highest BCUT2D eigenvalue weighted by Crippen LogP contribution is 2.09. The van der Waals surface area contributed by atoms with Gasteiger partial charge in [-0.1, -0.05) is 11.8 Å². The van der Waals surface area contributed by atoms with Gasteiger partial charge in [0.05, 0.1) is 12.7 Å². The van der Waals surface area contributed by atoms with Crippen molar-refractivity contribution in [1.29, 1.82) is 0 Å². The molecule has 1 aromatic rings. The lowest BCUT2D eigenvalue weighted by Gasteiger charge is -1.99. The number of rotatable bonds is 2. The molecule has 88 valence electrons. The Hall–Kier alpha value is -2.35. The van der Waals surface area contributed by atoms with Crippen LogP contribution in [0, 0.1) is 17.7 Å². The lowest BCUT2D eigenvalue weighted by molar-refractivity contribution is -0.139. The quantitative estimate of drug-likeness (QED) is 0.610. The summed E-state index contributed by atoms with van der Waals surface area (Å²) in [6.45, 7) is 0. The van der Waals surface area contributed by atoms with Crippen molar-refractivity contribution in [3.05, 3.63) is 35.1 Å². The van der Waals surface area contributed by atoms with E-state index in [0.29, 0.717) is 0 Å². The molecule has 0 spiro atoms. The predicted octanol–water partition coefficient (Wildman–Crippen LogP) is 0.839. The summed E-state index contributed by atoms with van der Waals surface area (Å²) >= 11 is 0. The van der Waals surface area contributed by atoms with Gasteiger partial charge in [0.1, 0.15) is 12.2 Å². The normalized spacial score (nSPS) is 9.06. The van der Waals surface area contributed by atoms with Crippen molar-refractivity contribution in [2.45, 2.75) is 6.42 Å². The van der Waals surface area contributed by atoms with E-state index in [-0.39, 0.29) is 17.5 Å². The zero-order chi connectivity index (χ0) is 12.8. The fourth-order valence-electron chi connectivity index (χ4n) is 1.12. The monoisotopic (exact) mass is 235 g/mol. The van der Waals surface area contributed by atoms with Gasteiger partial charge in [0, 0.05) is 5.56 Å². The lowest BCUT2D eigenvalue weighted by Crippen LogP contribution is -2.13. The molecule has 0 atom stereocenters. The molecule has 0 aromatic heterocycles. The minimum atomic E-state index is -0.702. The van der Waals surface area contributed by atoms with Gasteiger partial charge in [0.15, 0.2) is 0 Å². The third kappa shape index (κ3) is 3.61. The van der Waals surface area contributed by atoms with Crippen LogP contribution in [0.3, 0.4) is 0 Å². The van der Waals surface area contributed by atoms with Crippen LogP contribution in [0.2, 0.25) is 0 Å². The zero-order valence-corrected chi connectivity index (χ0v) is 9.12. The van der Waals surface area contributed by atoms with Gasteiger partial charge in [0.25, 0.3) is 0 Å². The van der Waals surface area contributed by atoms with Gasteiger partial charge >= 0.3 is 5.97 Å². The van der Waals surface area contributed by atoms with E-state index in [0.717, 1.165) is 12.1 Å². The third-order valence-corrected chi connectivity index (χ3v) is 1.93. The van der Waals surface area contributed by atoms with Crippen LogP contribution >= 0.6 is 0 Å². The number of primary amides is 1. The van der Waals surface area contributed by atoms with E-state index in [4.69, 9.17) is 5.73 Å². The number of carbonyl (C=O) groups is 2. The molecule has 1 aromatic carbocycles. The molecule has 1 amide bonds. The highest BCUT2D eigenvalue weighted by atomic mass is 19.1. The molecule has 17 heavy (non-hydrogen) atoms. The van der Waals surface area contributed by atoms with Gasteiger partial charge in [-0.05, 0) is 18.2 Å². The average Bonchev–Trinajstić information content (AvgIpc) is 2.28. The molecule has 0 unspecified atom stereocenters. The maximum absolute atomic E-state index is 13.0. The second kappa shape index (κ2) is 5.66. The van der Waals surface area contributed by atoms with Crippen molar-refractivity contribution in [3.8, 4) is 11.8 Å². The van der Waals surface area contributed by atoms with Crippen LogP contribution in [0.15, 0.2) is 18.2 Å². The first-order chi connectivity index (χ1) is 8.04. The number of benzene rings is 1. The number of methoxy groups -OCH3 is 1. The maximum atomic E-state index is 13.0. The van der Waals surface area contributed by atoms with Gasteiger partial charge < -0.3 is 10.5 Å². The highest BCUT2D eigenvalue weighted by Gasteiger charge is 2.07. The van der Waals surface area contributed by atoms with E-state index < -0.39 is 17.7 Å². The molecule has 0 saturated carbocycles. The molecule has 2 N–H and O–H groups in total. The summed E-state index contributed by atoms with van der Waals surface area (Å²) in [6, 6.07) is 3.45. The molecule has 0 saturated heterocycles. The molecule has 4 nitrogen and oxygen atoms in total. The third-order valence-electron chi connectivity index (χ3n) is 1.93. The summed E-state index contributed by atoms with van der Waals surface area (Å²) in [5.74, 6) is 3.25. The Morgan fingerprint density at radius 1 is 1.47 bits per heavy atom. The molecule has 0 aliphatic heterocycles. The number of ether oxygens (including phenoxy) is 1. The van der Waals surface area contributed by atoms with Crippen LogP contribution < -0.4 is 5.73 Å². The van der Waals surface area contributed by atoms with Gasteiger partial charge in [-0.2, -0.15) is 0 Å². The van der Waals surface area contributed by atoms with E-state index in [9.17, 15) is 14.0 Å². The van der Waals surface area contributed by atoms with E-state index in [1.165, 1.54) is 13.2 Å². The summed E-state index contributed by atoms with van der Waals surface area (Å²) in [5.41, 5.74) is 5.37. The molecule has 1 rings (SSSR count). The fraction of sp³-hybridized carbons (Fsp3) is 0.167. The molecule has 0 fully saturated rings. The van der Waals surface area contributed by atoms with E-state index in [2.05, 4.69) is 16.6 Å². The Kier molecular flexibility index (Phi) is 4.23. The minimum absolute atomic E-state index is 0.115. The number of hydrogen-bond donors (Lipinski definition) is 1. The van der Waals surface area contributed by atoms with Gasteiger partial charge in [-0.15, -0.1) is 0 Å². The van der Waals surface area contributed by atoms with Crippen molar-refractivity contribution in [3.63, 3.8) is 0 Å². The molecule has 0 radical (unpaired) electrons. The molecule has 0 heterocycles. The van der Waals surface area contributed by atoms with Crippen LogP contribution in [0.1, 0.15) is 22.3 Å². The van der Waals surface area contributed by atoms with Crippen LogP contribution in [0.5, 0.6) is 0 Å². The van der Waals surface area contributed by atoms with Crippen molar-refractivity contribution < 1.29 is 18.7 Å². The van der Waals surface area contributed by atoms with Crippen LogP contribution in [0.25, 0.3) is 0 Å². The summed E-state index contributed by atoms with van der Waals surface area (Å²) in [4.78, 5) is 21.8. The van der Waals surface area contributed by atoms with Gasteiger partial charge in [0.2, 0.25) is 5.91 Å². The first-order valence-corrected chi connectivity index (χ1v) is 4.69. The maximum Gasteiger partial charge on any atom is 0.317 e. The van der Waals surface area contributed by atoms with Crippen molar-refractivity contribution in [2.75, 3.05) is 7.11 Å². The highest BCUT2D eigenvalue weighted by molar-refractivity contribution is 5.95. The number of esters is 1. The SMILES string of the molecule is COC(=O)CC#Cc1cc(F)ccc1C(N)=O. The standard InChI is InChI=1S/C12H10FNO3/c1-17-11(15)4-2-3-8-7-9(13)5-6-10(8)12(14)16/h5-7H,4H2,1H3,(H2,14,16). The van der Waals surface area contributed by atoms with E-state index in [1.807, 2.05) is 0 Å². The largest absolute Gasteiger partial charge is 0.468 e. The summed E-state index contributed by atoms with van der Waals surface area (Å²) in [5, 5.41) is 0. The molecular weight excluding hydrogens is 225 g/mol. The van der Waals surface area contributed by atoms with Crippen LogP contribution in [-0.4, -0.2) is 19.0 Å². The van der Waals surface area contributed by atoms with Crippen molar-refractivity contribution >= 4 is 11.9 Å². The summed E-state index contributed by atoms with van der Waals surface area (Å²) in [7, 11) is 1.24. The molecular formula is C12H10FNO3. The Morgan fingerprint density at radius 2 is 2.18 bits per heavy atom. The fourth-order valence-corrected chi connectivity index (χ4v) is 1.12. The molecule has 0 aliphatic carbocycles. The second-order valence-corrected chi connectivity index (χ2v) is 3.11. The number of hydrogen-bond acceptors (Lipinski definition) is 3. The summed E-state index contributed by atoms with van der Waals surface area (Å²) < 4.78 is 17.3. The smallest absolute Gasteiger partial charge is 0.317 e. The topological polar surface area (TPSA) is 69.4 Å². The number of carbonyl (C=O) groups excluding carboxylic acids is 2. The second-order valence-electron chi connectivity index (χ2n) is 3.11. The summed E-state index contributed by atoms with van der Waals surface area (Å²) in [6.07, 6.45) is -0.134. The Labute approximate surface area is 97.6 Å². The minimum Gasteiger partial charge on any atom is -0.468 e. The Bertz CT molecular complexity index is 514. The number of nitrogens with two attached hydrogens (primary N) is 1. The zero-order valence-electron chi connectivity index (χ0n) is 9.12. The Balaban J connectivity index is 3.00.